The molecule has 0 fully saturated rings. The van der Waals surface area contributed by atoms with Gasteiger partial charge in [0.05, 0.1) is 10.6 Å². The summed E-state index contributed by atoms with van der Waals surface area (Å²) in [6, 6.07) is 11.8. The van der Waals surface area contributed by atoms with Crippen LogP contribution in [0.5, 0.6) is 0 Å². The van der Waals surface area contributed by atoms with Crippen LogP contribution in [0.3, 0.4) is 0 Å². The van der Waals surface area contributed by atoms with E-state index < -0.39 is 11.8 Å². The molecular formula is C20H18ClN5O3. The first-order valence-electron chi connectivity index (χ1n) is 8.59. The van der Waals surface area contributed by atoms with Gasteiger partial charge in [0, 0.05) is 18.4 Å². The lowest BCUT2D eigenvalue weighted by Gasteiger charge is -2.13. The Labute approximate surface area is 171 Å². The highest BCUT2D eigenvalue weighted by Crippen LogP contribution is 2.23. The molecule has 3 aromatic rings. The molecule has 0 spiro atoms. The minimum absolute atomic E-state index is 0.0309. The molecule has 0 radical (unpaired) electrons. The molecule has 2 aromatic carbocycles. The smallest absolute Gasteiger partial charge is 0.272 e. The number of anilines is 1. The molecule has 0 saturated carbocycles. The second kappa shape index (κ2) is 8.15. The molecule has 148 valence electrons. The molecule has 3 amide bonds. The molecule has 0 atom stereocenters. The van der Waals surface area contributed by atoms with Gasteiger partial charge in [0.2, 0.25) is 0 Å². The van der Waals surface area contributed by atoms with Gasteiger partial charge in [0.1, 0.15) is 12.0 Å². The molecule has 1 aromatic heterocycles. The van der Waals surface area contributed by atoms with Crippen molar-refractivity contribution in [2.75, 3.05) is 12.4 Å². The van der Waals surface area contributed by atoms with Gasteiger partial charge in [0.25, 0.3) is 17.7 Å². The van der Waals surface area contributed by atoms with Crippen molar-refractivity contribution in [3.8, 4) is 5.69 Å². The van der Waals surface area contributed by atoms with Gasteiger partial charge >= 0.3 is 0 Å². The zero-order valence-corrected chi connectivity index (χ0v) is 16.4. The van der Waals surface area contributed by atoms with Gasteiger partial charge in [-0.1, -0.05) is 23.7 Å². The highest BCUT2D eigenvalue weighted by atomic mass is 35.5. The summed E-state index contributed by atoms with van der Waals surface area (Å²) in [5.41, 5.74) is 7.59. The largest absolute Gasteiger partial charge is 0.364 e. The zero-order valence-electron chi connectivity index (χ0n) is 15.7. The van der Waals surface area contributed by atoms with Crippen LogP contribution < -0.4 is 16.4 Å². The summed E-state index contributed by atoms with van der Waals surface area (Å²) >= 11 is 6.07. The van der Waals surface area contributed by atoms with Crippen molar-refractivity contribution < 1.29 is 14.4 Å². The minimum atomic E-state index is -0.783. The van der Waals surface area contributed by atoms with Crippen LogP contribution in [0, 0.1) is 6.92 Å². The van der Waals surface area contributed by atoms with E-state index >= 15 is 0 Å². The van der Waals surface area contributed by atoms with E-state index in [0.29, 0.717) is 22.0 Å². The standard InChI is InChI=1S/C20H18ClN5O3/c1-11-9-12(26-10-24-16(20(29)23-2)17(26)18(22)27)7-8-15(11)25-19(28)13-5-3-4-6-14(13)21/h3-10H,1-2H3,(H2,22,27)(H,23,29)(H,25,28). The van der Waals surface area contributed by atoms with Crippen LogP contribution >= 0.6 is 11.6 Å². The van der Waals surface area contributed by atoms with E-state index in [1.54, 1.807) is 49.4 Å². The van der Waals surface area contributed by atoms with Crippen LogP contribution in [0.1, 0.15) is 36.9 Å². The lowest BCUT2D eigenvalue weighted by molar-refractivity contribution is 0.0937. The topological polar surface area (TPSA) is 119 Å². The highest BCUT2D eigenvalue weighted by molar-refractivity contribution is 6.34. The van der Waals surface area contributed by atoms with Crippen LogP contribution in [-0.2, 0) is 0 Å². The summed E-state index contributed by atoms with van der Waals surface area (Å²) in [5.74, 6) is -1.64. The SMILES string of the molecule is CNC(=O)c1ncn(-c2ccc(NC(=O)c3ccccc3Cl)c(C)c2)c1C(N)=O. The van der Waals surface area contributed by atoms with Gasteiger partial charge in [-0.2, -0.15) is 0 Å². The van der Waals surface area contributed by atoms with Gasteiger partial charge in [-0.25, -0.2) is 4.98 Å². The van der Waals surface area contributed by atoms with Gasteiger partial charge < -0.3 is 16.4 Å². The molecule has 0 aliphatic heterocycles. The third kappa shape index (κ3) is 3.97. The molecule has 29 heavy (non-hydrogen) atoms. The first kappa shape index (κ1) is 20.1. The van der Waals surface area contributed by atoms with Crippen molar-refractivity contribution >= 4 is 35.0 Å². The Morgan fingerprint density at radius 2 is 1.83 bits per heavy atom. The Kier molecular flexibility index (Phi) is 5.65. The van der Waals surface area contributed by atoms with Gasteiger partial charge in [-0.15, -0.1) is 0 Å². The lowest BCUT2D eigenvalue weighted by Crippen LogP contribution is -2.25. The summed E-state index contributed by atoms with van der Waals surface area (Å²) in [6.07, 6.45) is 1.35. The van der Waals surface area contributed by atoms with E-state index in [9.17, 15) is 14.4 Å². The van der Waals surface area contributed by atoms with E-state index in [1.165, 1.54) is 17.9 Å². The number of nitrogens with two attached hydrogens (primary N) is 1. The van der Waals surface area contributed by atoms with E-state index in [4.69, 9.17) is 17.3 Å². The Bertz CT molecular complexity index is 1120. The van der Waals surface area contributed by atoms with Gasteiger partial charge in [-0.05, 0) is 42.8 Å². The Morgan fingerprint density at radius 3 is 2.45 bits per heavy atom. The number of halogens is 1. The lowest BCUT2D eigenvalue weighted by atomic mass is 10.1. The molecule has 0 bridgehead atoms. The first-order chi connectivity index (χ1) is 13.8. The van der Waals surface area contributed by atoms with Crippen LogP contribution in [0.4, 0.5) is 5.69 Å². The maximum Gasteiger partial charge on any atom is 0.272 e. The van der Waals surface area contributed by atoms with Crippen molar-refractivity contribution in [3.05, 3.63) is 76.3 Å². The number of carbonyl (C=O) groups is 3. The Hall–Kier alpha value is -3.65. The second-order valence-electron chi connectivity index (χ2n) is 6.19. The summed E-state index contributed by atoms with van der Waals surface area (Å²) < 4.78 is 1.43. The third-order valence-corrected chi connectivity index (χ3v) is 4.63. The van der Waals surface area contributed by atoms with Crippen molar-refractivity contribution in [2.45, 2.75) is 6.92 Å². The predicted octanol–water partition coefficient (Wildman–Crippen LogP) is 2.54. The molecule has 0 unspecified atom stereocenters. The van der Waals surface area contributed by atoms with Crippen LogP contribution in [0.15, 0.2) is 48.8 Å². The number of hydrogen-bond acceptors (Lipinski definition) is 4. The Balaban J connectivity index is 1.94. The number of primary amides is 1. The summed E-state index contributed by atoms with van der Waals surface area (Å²) in [5, 5.41) is 5.59. The normalized spacial score (nSPS) is 10.4. The molecule has 4 N–H and O–H groups in total. The fourth-order valence-corrected chi connectivity index (χ4v) is 3.06. The van der Waals surface area contributed by atoms with Gasteiger partial charge in [0.15, 0.2) is 5.69 Å². The number of carbonyl (C=O) groups excluding carboxylic acids is 3. The van der Waals surface area contributed by atoms with E-state index in [1.807, 2.05) is 0 Å². The minimum Gasteiger partial charge on any atom is -0.364 e. The molecule has 8 nitrogen and oxygen atoms in total. The third-order valence-electron chi connectivity index (χ3n) is 4.30. The van der Waals surface area contributed by atoms with E-state index in [0.717, 1.165) is 5.56 Å². The fraction of sp³-hybridized carbons (Fsp3) is 0.100. The average Bonchev–Trinajstić information content (AvgIpc) is 3.14. The Morgan fingerprint density at radius 1 is 1.10 bits per heavy atom. The fourth-order valence-electron chi connectivity index (χ4n) is 2.84. The highest BCUT2D eigenvalue weighted by Gasteiger charge is 2.22. The number of amides is 3. The quantitative estimate of drug-likeness (QED) is 0.597. The second-order valence-corrected chi connectivity index (χ2v) is 6.60. The zero-order chi connectivity index (χ0) is 21.1. The molecular weight excluding hydrogens is 394 g/mol. The maximum atomic E-state index is 12.5. The number of nitrogens with zero attached hydrogens (tertiary/aromatic N) is 2. The molecule has 0 saturated heterocycles. The van der Waals surface area contributed by atoms with E-state index in [2.05, 4.69) is 15.6 Å². The van der Waals surface area contributed by atoms with E-state index in [-0.39, 0.29) is 17.3 Å². The summed E-state index contributed by atoms with van der Waals surface area (Å²) in [4.78, 5) is 40.3. The van der Waals surface area contributed by atoms with Crippen molar-refractivity contribution in [3.63, 3.8) is 0 Å². The van der Waals surface area contributed by atoms with Crippen LogP contribution in [-0.4, -0.2) is 34.3 Å². The predicted molar refractivity (Wildman–Crippen MR) is 110 cm³/mol. The number of aromatic nitrogens is 2. The molecule has 1 heterocycles. The average molecular weight is 412 g/mol. The van der Waals surface area contributed by atoms with Crippen LogP contribution in [0.2, 0.25) is 5.02 Å². The summed E-state index contributed by atoms with van der Waals surface area (Å²) in [6.45, 7) is 1.80. The molecule has 3 rings (SSSR count). The number of rotatable bonds is 5. The van der Waals surface area contributed by atoms with Crippen molar-refractivity contribution in [1.82, 2.24) is 14.9 Å². The number of nitrogens with one attached hydrogen (secondary N) is 2. The molecule has 0 aliphatic carbocycles. The maximum absolute atomic E-state index is 12.5. The first-order valence-corrected chi connectivity index (χ1v) is 8.97. The molecule has 9 heteroatoms. The van der Waals surface area contributed by atoms with Crippen LogP contribution in [0.25, 0.3) is 5.69 Å². The van der Waals surface area contributed by atoms with Crippen molar-refractivity contribution in [1.29, 1.82) is 0 Å². The number of aryl methyl sites for hydroxylation is 1. The number of imidazole rings is 1. The van der Waals surface area contributed by atoms with Crippen molar-refractivity contribution in [2.24, 2.45) is 5.73 Å². The number of benzene rings is 2. The number of hydrogen-bond donors (Lipinski definition) is 3. The molecule has 0 aliphatic rings. The summed E-state index contributed by atoms with van der Waals surface area (Å²) in [7, 11) is 1.44. The monoisotopic (exact) mass is 411 g/mol. The van der Waals surface area contributed by atoms with Gasteiger partial charge in [-0.3, -0.25) is 19.0 Å².